The van der Waals surface area contributed by atoms with Gasteiger partial charge in [0.2, 0.25) is 5.91 Å². The Labute approximate surface area is 184 Å². The zero-order valence-corrected chi connectivity index (χ0v) is 18.5. The fourth-order valence-electron chi connectivity index (χ4n) is 4.89. The summed E-state index contributed by atoms with van der Waals surface area (Å²) in [5.74, 6) is 0.0175. The molecule has 2 atom stereocenters. The minimum atomic E-state index is -0.866. The van der Waals surface area contributed by atoms with Crippen molar-refractivity contribution in [1.82, 2.24) is 4.90 Å². The lowest BCUT2D eigenvalue weighted by molar-refractivity contribution is -0.143. The van der Waals surface area contributed by atoms with Crippen LogP contribution in [0.4, 0.5) is 5.69 Å². The van der Waals surface area contributed by atoms with Crippen molar-refractivity contribution in [3.63, 3.8) is 0 Å². The van der Waals surface area contributed by atoms with Crippen LogP contribution in [0.5, 0.6) is 0 Å². The number of hydrogen-bond acceptors (Lipinski definition) is 3. The van der Waals surface area contributed by atoms with Gasteiger partial charge in [-0.15, -0.1) is 0 Å². The van der Waals surface area contributed by atoms with Crippen LogP contribution in [0.25, 0.3) is 0 Å². The first-order valence-electron chi connectivity index (χ1n) is 11.3. The first-order valence-corrected chi connectivity index (χ1v) is 11.3. The summed E-state index contributed by atoms with van der Waals surface area (Å²) in [5, 5.41) is 9.80. The molecule has 1 aliphatic carbocycles. The second-order valence-electron chi connectivity index (χ2n) is 9.09. The molecule has 5 nitrogen and oxygen atoms in total. The van der Waals surface area contributed by atoms with Crippen molar-refractivity contribution < 1.29 is 14.7 Å². The smallest absolute Gasteiger partial charge is 0.325 e. The van der Waals surface area contributed by atoms with Gasteiger partial charge in [0.05, 0.1) is 5.41 Å². The Kier molecular flexibility index (Phi) is 6.15. The van der Waals surface area contributed by atoms with Crippen molar-refractivity contribution >= 4 is 17.6 Å². The largest absolute Gasteiger partial charge is 0.480 e. The normalized spacial score (nSPS) is 22.2. The van der Waals surface area contributed by atoms with Crippen molar-refractivity contribution in [3.8, 4) is 0 Å². The molecule has 1 N–H and O–H groups in total. The van der Waals surface area contributed by atoms with Gasteiger partial charge in [0, 0.05) is 18.8 Å². The van der Waals surface area contributed by atoms with Gasteiger partial charge >= 0.3 is 5.97 Å². The maximum atomic E-state index is 13.5. The highest BCUT2D eigenvalue weighted by molar-refractivity contribution is 5.99. The predicted octanol–water partition coefficient (Wildman–Crippen LogP) is 4.84. The molecule has 1 saturated carbocycles. The van der Waals surface area contributed by atoms with E-state index in [-0.39, 0.29) is 5.91 Å². The van der Waals surface area contributed by atoms with Crippen LogP contribution in [-0.4, -0.2) is 42.0 Å². The number of anilines is 1. The Hall–Kier alpha value is -2.66. The maximum Gasteiger partial charge on any atom is 0.325 e. The minimum Gasteiger partial charge on any atom is -0.480 e. The molecule has 1 heterocycles. The molecule has 164 valence electrons. The Morgan fingerprint density at radius 2 is 1.84 bits per heavy atom. The quantitative estimate of drug-likeness (QED) is 0.630. The number of carbonyl (C=O) groups excluding carboxylic acids is 1. The summed E-state index contributed by atoms with van der Waals surface area (Å²) in [5.41, 5.74) is 2.69. The molecule has 4 rings (SSSR count). The third-order valence-corrected chi connectivity index (χ3v) is 7.18. The Balaban J connectivity index is 1.45. The van der Waals surface area contributed by atoms with Crippen molar-refractivity contribution in [1.29, 1.82) is 0 Å². The SMILES string of the molecule is CCC1(CCN(C)C(C(=O)O)c2ccccc2)CCN(c2ccc(C3CC3)cc2)C1=O. The predicted molar refractivity (Wildman–Crippen MR) is 122 cm³/mol. The summed E-state index contributed by atoms with van der Waals surface area (Å²) in [6, 6.07) is 17.1. The van der Waals surface area contributed by atoms with Crippen molar-refractivity contribution in [2.24, 2.45) is 5.41 Å². The first-order chi connectivity index (χ1) is 14.9. The van der Waals surface area contributed by atoms with Crippen LogP contribution >= 0.6 is 0 Å². The van der Waals surface area contributed by atoms with Gasteiger partial charge < -0.3 is 10.0 Å². The molecule has 1 amide bonds. The van der Waals surface area contributed by atoms with Crippen LogP contribution in [0.3, 0.4) is 0 Å². The average molecular weight is 421 g/mol. The number of likely N-dealkylation sites (N-methyl/N-ethyl adjacent to an activating group) is 1. The molecular formula is C26H32N2O3. The number of amides is 1. The Morgan fingerprint density at radius 1 is 1.16 bits per heavy atom. The van der Waals surface area contributed by atoms with E-state index in [1.165, 1.54) is 18.4 Å². The summed E-state index contributed by atoms with van der Waals surface area (Å²) in [6.07, 6.45) is 4.78. The zero-order chi connectivity index (χ0) is 22.0. The van der Waals surface area contributed by atoms with Crippen LogP contribution < -0.4 is 4.90 Å². The lowest BCUT2D eigenvalue weighted by Crippen LogP contribution is -2.38. The van der Waals surface area contributed by atoms with Crippen LogP contribution in [0.2, 0.25) is 0 Å². The average Bonchev–Trinajstić information content (AvgIpc) is 3.58. The monoisotopic (exact) mass is 420 g/mol. The standard InChI is InChI=1S/C26H32N2O3/c1-3-26(15-17-27(2)23(24(29)30)21-7-5-4-6-8-21)16-18-28(25(26)31)22-13-11-20(12-14-22)19-9-10-19/h4-8,11-14,19,23H,3,9-10,15-18H2,1-2H3,(H,29,30). The summed E-state index contributed by atoms with van der Waals surface area (Å²) in [4.78, 5) is 29.2. The number of benzene rings is 2. The van der Waals surface area contributed by atoms with Gasteiger partial charge in [-0.2, -0.15) is 0 Å². The second-order valence-corrected chi connectivity index (χ2v) is 9.09. The topological polar surface area (TPSA) is 60.9 Å². The minimum absolute atomic E-state index is 0.175. The zero-order valence-electron chi connectivity index (χ0n) is 18.5. The molecule has 0 spiro atoms. The molecule has 2 aliphatic rings. The van der Waals surface area contributed by atoms with Crippen molar-refractivity contribution in [2.45, 2.75) is 51.0 Å². The summed E-state index contributed by atoms with van der Waals surface area (Å²) in [7, 11) is 1.84. The van der Waals surface area contributed by atoms with Gasteiger partial charge in [0.25, 0.3) is 0 Å². The second kappa shape index (κ2) is 8.83. The Bertz CT molecular complexity index is 923. The fraction of sp³-hybridized carbons (Fsp3) is 0.462. The van der Waals surface area contributed by atoms with Gasteiger partial charge in [-0.25, -0.2) is 0 Å². The van der Waals surface area contributed by atoms with E-state index < -0.39 is 17.4 Å². The molecular weight excluding hydrogens is 388 g/mol. The van der Waals surface area contributed by atoms with Crippen molar-refractivity contribution in [2.75, 3.05) is 25.0 Å². The molecule has 2 aromatic rings. The molecule has 0 radical (unpaired) electrons. The third kappa shape index (κ3) is 4.38. The van der Waals surface area contributed by atoms with E-state index in [4.69, 9.17) is 0 Å². The van der Waals surface area contributed by atoms with Crippen LogP contribution in [0.15, 0.2) is 54.6 Å². The van der Waals surface area contributed by atoms with Gasteiger partial charge in [0.1, 0.15) is 6.04 Å². The number of carboxylic acid groups (broad SMARTS) is 1. The number of hydrogen-bond donors (Lipinski definition) is 1. The van der Waals surface area contributed by atoms with E-state index in [0.29, 0.717) is 18.9 Å². The summed E-state index contributed by atoms with van der Waals surface area (Å²) < 4.78 is 0. The van der Waals surface area contributed by atoms with E-state index in [9.17, 15) is 14.7 Å². The number of aliphatic carboxylic acids is 1. The number of rotatable bonds is 9. The highest BCUT2D eigenvalue weighted by Crippen LogP contribution is 2.43. The van der Waals surface area contributed by atoms with Crippen LogP contribution in [0.1, 0.15) is 62.1 Å². The van der Waals surface area contributed by atoms with E-state index in [1.807, 2.05) is 47.2 Å². The van der Waals surface area contributed by atoms with Gasteiger partial charge in [0.15, 0.2) is 0 Å². The summed E-state index contributed by atoms with van der Waals surface area (Å²) >= 11 is 0. The molecule has 31 heavy (non-hydrogen) atoms. The van der Waals surface area contributed by atoms with Gasteiger partial charge in [-0.3, -0.25) is 14.5 Å². The molecule has 1 saturated heterocycles. The highest BCUT2D eigenvalue weighted by Gasteiger charge is 2.45. The highest BCUT2D eigenvalue weighted by atomic mass is 16.4. The number of carboxylic acids is 1. The van der Waals surface area contributed by atoms with E-state index in [0.717, 1.165) is 30.6 Å². The molecule has 5 heteroatoms. The number of nitrogens with zero attached hydrogens (tertiary/aromatic N) is 2. The fourth-order valence-corrected chi connectivity index (χ4v) is 4.89. The van der Waals surface area contributed by atoms with Crippen LogP contribution in [0, 0.1) is 5.41 Å². The molecule has 2 unspecified atom stereocenters. The molecule has 2 aromatic carbocycles. The Morgan fingerprint density at radius 3 is 2.42 bits per heavy atom. The van der Waals surface area contributed by atoms with Gasteiger partial charge in [-0.05, 0) is 68.3 Å². The lowest BCUT2D eigenvalue weighted by atomic mass is 9.80. The van der Waals surface area contributed by atoms with Crippen LogP contribution in [-0.2, 0) is 9.59 Å². The molecule has 0 bridgehead atoms. The van der Waals surface area contributed by atoms with Crippen molar-refractivity contribution in [3.05, 3.63) is 65.7 Å². The molecule has 1 aliphatic heterocycles. The summed E-state index contributed by atoms with van der Waals surface area (Å²) in [6.45, 7) is 3.35. The number of carbonyl (C=O) groups is 2. The maximum absolute atomic E-state index is 13.5. The van der Waals surface area contributed by atoms with E-state index >= 15 is 0 Å². The third-order valence-electron chi connectivity index (χ3n) is 7.18. The first kappa shape index (κ1) is 21.6. The van der Waals surface area contributed by atoms with E-state index in [2.05, 4.69) is 31.2 Å². The van der Waals surface area contributed by atoms with Gasteiger partial charge in [-0.1, -0.05) is 49.4 Å². The molecule has 0 aromatic heterocycles. The molecule has 2 fully saturated rings. The lowest BCUT2D eigenvalue weighted by Gasteiger charge is -2.31. The van der Waals surface area contributed by atoms with E-state index in [1.54, 1.807) is 0 Å².